The fourth-order valence-corrected chi connectivity index (χ4v) is 5.21. The lowest BCUT2D eigenvalue weighted by Gasteiger charge is -2.29. The molecule has 36 heavy (non-hydrogen) atoms. The number of nitrogens with two attached hydrogens (primary N) is 1. The normalized spacial score (nSPS) is 16.6. The van der Waals surface area contributed by atoms with Crippen LogP contribution in [-0.2, 0) is 17.6 Å². The van der Waals surface area contributed by atoms with Gasteiger partial charge in [-0.05, 0) is 62.1 Å². The molecule has 1 saturated heterocycles. The Balaban J connectivity index is 1.59. The third kappa shape index (κ3) is 5.49. The third-order valence-electron chi connectivity index (χ3n) is 7.30. The van der Waals surface area contributed by atoms with Crippen LogP contribution in [0.15, 0.2) is 84.3 Å². The predicted molar refractivity (Wildman–Crippen MR) is 142 cm³/mol. The number of amides is 1. The van der Waals surface area contributed by atoms with Gasteiger partial charge in [-0.25, -0.2) is 0 Å². The second-order valence-corrected chi connectivity index (χ2v) is 9.77. The van der Waals surface area contributed by atoms with E-state index in [4.69, 9.17) is 10.2 Å². The van der Waals surface area contributed by atoms with Gasteiger partial charge in [-0.1, -0.05) is 66.7 Å². The Kier molecular flexibility index (Phi) is 8.16. The molecule has 2 N–H and O–H groups in total. The van der Waals surface area contributed by atoms with Crippen molar-refractivity contribution in [3.05, 3.63) is 108 Å². The van der Waals surface area contributed by atoms with E-state index in [-0.39, 0.29) is 11.9 Å². The molecule has 1 aliphatic rings. The third-order valence-corrected chi connectivity index (χ3v) is 7.30. The van der Waals surface area contributed by atoms with Crippen LogP contribution in [0.3, 0.4) is 0 Å². The average molecular weight is 485 g/mol. The van der Waals surface area contributed by atoms with Crippen LogP contribution in [-0.4, -0.2) is 27.5 Å². The van der Waals surface area contributed by atoms with Gasteiger partial charge in [-0.2, -0.15) is 0 Å². The molecule has 1 aromatic heterocycles. The number of rotatable bonds is 12. The Labute approximate surface area is 213 Å². The first-order valence-electron chi connectivity index (χ1n) is 12.7. The summed E-state index contributed by atoms with van der Waals surface area (Å²) in [5.74, 6) is 0.944. The smallest absolute Gasteiger partial charge is 0.239 e. The van der Waals surface area contributed by atoms with E-state index < -0.39 is 11.5 Å². The number of aryl methyl sites for hydroxylation is 2. The van der Waals surface area contributed by atoms with Crippen LogP contribution in [0, 0.1) is 12.3 Å². The SMILES string of the molecule is C=CCC1(CC=C)CCN(C(CCc2ccccc2)c2nnc([C@@H](N)Cc3ccccc3C)o2)C1=O. The van der Waals surface area contributed by atoms with Gasteiger partial charge in [0.25, 0.3) is 0 Å². The molecule has 6 heteroatoms. The first kappa shape index (κ1) is 25.6. The van der Waals surface area contributed by atoms with Gasteiger partial charge in [-0.15, -0.1) is 23.4 Å². The molecule has 0 bridgehead atoms. The summed E-state index contributed by atoms with van der Waals surface area (Å²) >= 11 is 0. The number of benzene rings is 2. The number of nitrogens with zero attached hydrogens (tertiary/aromatic N) is 3. The molecule has 0 aliphatic carbocycles. The number of likely N-dealkylation sites (tertiary alicyclic amines) is 1. The highest BCUT2D eigenvalue weighted by atomic mass is 16.4. The minimum absolute atomic E-state index is 0.101. The van der Waals surface area contributed by atoms with Gasteiger partial charge in [0, 0.05) is 6.54 Å². The van der Waals surface area contributed by atoms with E-state index in [9.17, 15) is 4.79 Å². The molecule has 3 aromatic rings. The highest BCUT2D eigenvalue weighted by Gasteiger charge is 2.48. The molecule has 1 unspecified atom stereocenters. The van der Waals surface area contributed by atoms with Gasteiger partial charge in [0.1, 0.15) is 6.04 Å². The summed E-state index contributed by atoms with van der Waals surface area (Å²) in [6.07, 6.45) is 7.73. The highest BCUT2D eigenvalue weighted by Crippen LogP contribution is 2.43. The molecule has 0 spiro atoms. The van der Waals surface area contributed by atoms with Crippen molar-refractivity contribution in [1.82, 2.24) is 15.1 Å². The zero-order valence-electron chi connectivity index (χ0n) is 21.1. The molecule has 2 aromatic carbocycles. The van der Waals surface area contributed by atoms with E-state index in [0.717, 1.165) is 18.4 Å². The molecular formula is C30H36N4O2. The van der Waals surface area contributed by atoms with Crippen molar-refractivity contribution >= 4 is 5.91 Å². The topological polar surface area (TPSA) is 85.2 Å². The number of carbonyl (C=O) groups is 1. The summed E-state index contributed by atoms with van der Waals surface area (Å²) in [4.78, 5) is 15.7. The zero-order valence-corrected chi connectivity index (χ0v) is 21.1. The molecule has 188 valence electrons. The van der Waals surface area contributed by atoms with Gasteiger partial charge in [-0.3, -0.25) is 4.79 Å². The Morgan fingerprint density at radius 3 is 2.42 bits per heavy atom. The van der Waals surface area contributed by atoms with Crippen molar-refractivity contribution in [2.75, 3.05) is 6.54 Å². The molecule has 1 fully saturated rings. The Morgan fingerprint density at radius 1 is 1.06 bits per heavy atom. The predicted octanol–water partition coefficient (Wildman–Crippen LogP) is 5.67. The van der Waals surface area contributed by atoms with Crippen LogP contribution < -0.4 is 5.73 Å². The fraction of sp³-hybridized carbons (Fsp3) is 0.367. The van der Waals surface area contributed by atoms with Crippen LogP contribution >= 0.6 is 0 Å². The van der Waals surface area contributed by atoms with Gasteiger partial charge in [0.2, 0.25) is 17.7 Å². The molecule has 4 rings (SSSR count). The summed E-state index contributed by atoms with van der Waals surface area (Å²) in [6.45, 7) is 10.5. The monoisotopic (exact) mass is 484 g/mol. The summed E-state index contributed by atoms with van der Waals surface area (Å²) in [5.41, 5.74) is 9.51. The number of aromatic nitrogens is 2. The minimum Gasteiger partial charge on any atom is -0.421 e. The fourth-order valence-electron chi connectivity index (χ4n) is 5.21. The van der Waals surface area contributed by atoms with Crippen molar-refractivity contribution in [2.24, 2.45) is 11.1 Å². The lowest BCUT2D eigenvalue weighted by atomic mass is 9.79. The minimum atomic E-state index is -0.501. The molecule has 0 radical (unpaired) electrons. The lowest BCUT2D eigenvalue weighted by Crippen LogP contribution is -2.37. The first-order valence-corrected chi connectivity index (χ1v) is 12.7. The lowest BCUT2D eigenvalue weighted by molar-refractivity contribution is -0.138. The maximum atomic E-state index is 13.8. The summed E-state index contributed by atoms with van der Waals surface area (Å²) in [5, 5.41) is 8.71. The number of allylic oxidation sites excluding steroid dienone is 2. The van der Waals surface area contributed by atoms with Crippen LogP contribution in [0.2, 0.25) is 0 Å². The van der Waals surface area contributed by atoms with Crippen molar-refractivity contribution in [3.8, 4) is 0 Å². The Bertz CT molecular complexity index is 1180. The zero-order chi connectivity index (χ0) is 25.5. The first-order chi connectivity index (χ1) is 17.5. The van der Waals surface area contributed by atoms with Crippen molar-refractivity contribution in [2.45, 2.75) is 57.5 Å². The molecular weight excluding hydrogens is 448 g/mol. The van der Waals surface area contributed by atoms with Gasteiger partial charge < -0.3 is 15.1 Å². The molecule has 0 saturated carbocycles. The van der Waals surface area contributed by atoms with Crippen molar-refractivity contribution in [3.63, 3.8) is 0 Å². The van der Waals surface area contributed by atoms with Crippen LogP contribution in [0.5, 0.6) is 0 Å². The second kappa shape index (κ2) is 11.5. The van der Waals surface area contributed by atoms with E-state index in [1.807, 2.05) is 47.4 Å². The van der Waals surface area contributed by atoms with E-state index in [0.29, 0.717) is 44.0 Å². The largest absolute Gasteiger partial charge is 0.421 e. The second-order valence-electron chi connectivity index (χ2n) is 9.77. The standard InChI is InChI=1S/C30H36N4O2/c1-4-17-30(18-5-2)19-20-34(29(30)35)26(16-15-23-12-7-6-8-13-23)28-33-32-27(36-28)25(31)21-24-14-10-9-11-22(24)3/h4-14,25-26H,1-2,15-21,31H2,3H3/t25-,26?/m0/s1. The maximum absolute atomic E-state index is 13.8. The van der Waals surface area contributed by atoms with E-state index in [1.165, 1.54) is 11.1 Å². The number of carbonyl (C=O) groups excluding carboxylic acids is 1. The van der Waals surface area contributed by atoms with Crippen LogP contribution in [0.25, 0.3) is 0 Å². The summed E-state index contributed by atoms with van der Waals surface area (Å²) < 4.78 is 6.18. The Morgan fingerprint density at radius 2 is 1.72 bits per heavy atom. The van der Waals surface area contributed by atoms with Gasteiger partial charge in [0.15, 0.2) is 0 Å². The average Bonchev–Trinajstić information content (AvgIpc) is 3.49. The van der Waals surface area contributed by atoms with Crippen LogP contribution in [0.1, 0.15) is 66.2 Å². The summed E-state index contributed by atoms with van der Waals surface area (Å²) in [7, 11) is 0. The molecule has 2 heterocycles. The molecule has 1 aliphatic heterocycles. The Hall–Kier alpha value is -3.51. The van der Waals surface area contributed by atoms with Gasteiger partial charge in [0.05, 0.1) is 11.5 Å². The summed E-state index contributed by atoms with van der Waals surface area (Å²) in [6, 6.07) is 17.7. The van der Waals surface area contributed by atoms with E-state index >= 15 is 0 Å². The highest BCUT2D eigenvalue weighted by molar-refractivity contribution is 5.85. The van der Waals surface area contributed by atoms with Crippen molar-refractivity contribution in [1.29, 1.82) is 0 Å². The molecule has 6 nitrogen and oxygen atoms in total. The number of hydrogen-bond acceptors (Lipinski definition) is 5. The van der Waals surface area contributed by atoms with Gasteiger partial charge >= 0.3 is 0 Å². The van der Waals surface area contributed by atoms with Crippen LogP contribution in [0.4, 0.5) is 0 Å². The van der Waals surface area contributed by atoms with Crippen molar-refractivity contribution < 1.29 is 9.21 Å². The molecule has 2 atom stereocenters. The molecule has 1 amide bonds. The quantitative estimate of drug-likeness (QED) is 0.335. The van der Waals surface area contributed by atoms with E-state index in [2.05, 4.69) is 54.5 Å². The van der Waals surface area contributed by atoms with E-state index in [1.54, 1.807) is 0 Å². The number of hydrogen-bond donors (Lipinski definition) is 1. The maximum Gasteiger partial charge on any atom is 0.239 e.